The van der Waals surface area contributed by atoms with Gasteiger partial charge in [0.2, 0.25) is 5.91 Å². The fraction of sp³-hybridized carbons (Fsp3) is 0.350. The fourth-order valence-electron chi connectivity index (χ4n) is 2.39. The van der Waals surface area contributed by atoms with Gasteiger partial charge in [-0.2, -0.15) is 0 Å². The molecule has 0 fully saturated rings. The molecule has 0 saturated carbocycles. The number of benzene rings is 2. The van der Waals surface area contributed by atoms with Crippen molar-refractivity contribution < 1.29 is 9.18 Å². The predicted octanol–water partition coefficient (Wildman–Crippen LogP) is 3.99. The molecule has 5 heteroatoms. The first-order chi connectivity index (χ1) is 11.9. The van der Waals surface area contributed by atoms with Crippen molar-refractivity contribution in [2.24, 2.45) is 0 Å². The Balaban J connectivity index is 1.76. The standard InChI is InChI=1S/C20H25FN2OS/c1-15-4-7-18(8-5-15)25-11-10-20(24)22-13-16-6-9-19(21)17(12-16)14-23(2)3/h4-9,12H,10-11,13-14H2,1-3H3,(H,22,24). The van der Waals surface area contributed by atoms with E-state index < -0.39 is 0 Å². The molecule has 2 aromatic carbocycles. The van der Waals surface area contributed by atoms with Crippen molar-refractivity contribution in [3.05, 3.63) is 65.0 Å². The van der Waals surface area contributed by atoms with E-state index in [1.54, 1.807) is 17.8 Å². The molecule has 2 aromatic rings. The lowest BCUT2D eigenvalue weighted by atomic mass is 10.1. The van der Waals surface area contributed by atoms with Crippen LogP contribution in [0.25, 0.3) is 0 Å². The van der Waals surface area contributed by atoms with Crippen LogP contribution in [0.2, 0.25) is 0 Å². The number of hydrogen-bond acceptors (Lipinski definition) is 3. The number of carbonyl (C=O) groups excluding carboxylic acids is 1. The number of nitrogens with zero attached hydrogens (tertiary/aromatic N) is 1. The number of aryl methyl sites for hydroxylation is 1. The lowest BCUT2D eigenvalue weighted by Gasteiger charge is -2.12. The number of carbonyl (C=O) groups is 1. The second-order valence-electron chi connectivity index (χ2n) is 6.35. The summed E-state index contributed by atoms with van der Waals surface area (Å²) in [5, 5.41) is 2.91. The normalized spacial score (nSPS) is 10.9. The minimum absolute atomic E-state index is 0.0121. The zero-order chi connectivity index (χ0) is 18.2. The molecule has 0 atom stereocenters. The van der Waals surface area contributed by atoms with Crippen LogP contribution in [0.5, 0.6) is 0 Å². The van der Waals surface area contributed by atoms with Crippen molar-refractivity contribution in [1.82, 2.24) is 10.2 Å². The minimum atomic E-state index is -0.210. The van der Waals surface area contributed by atoms with Crippen LogP contribution >= 0.6 is 11.8 Å². The van der Waals surface area contributed by atoms with Crippen molar-refractivity contribution in [2.45, 2.75) is 31.3 Å². The third-order valence-electron chi connectivity index (χ3n) is 3.71. The SMILES string of the molecule is Cc1ccc(SCCC(=O)NCc2ccc(F)c(CN(C)C)c2)cc1. The Kier molecular flexibility index (Phi) is 7.47. The summed E-state index contributed by atoms with van der Waals surface area (Å²) in [5.41, 5.74) is 2.79. The van der Waals surface area contributed by atoms with Gasteiger partial charge in [0.25, 0.3) is 0 Å². The molecule has 0 spiro atoms. The number of hydrogen-bond donors (Lipinski definition) is 1. The molecule has 0 aliphatic carbocycles. The molecular formula is C20H25FN2OS. The first kappa shape index (κ1) is 19.5. The summed E-state index contributed by atoms with van der Waals surface area (Å²) >= 11 is 1.67. The van der Waals surface area contributed by atoms with Crippen LogP contribution < -0.4 is 5.32 Å². The maximum Gasteiger partial charge on any atom is 0.221 e. The molecule has 3 nitrogen and oxygen atoms in total. The summed E-state index contributed by atoms with van der Waals surface area (Å²) in [7, 11) is 3.80. The van der Waals surface area contributed by atoms with Gasteiger partial charge in [0.1, 0.15) is 5.82 Å². The average Bonchev–Trinajstić information content (AvgIpc) is 2.57. The van der Waals surface area contributed by atoms with Gasteiger partial charge >= 0.3 is 0 Å². The average molecular weight is 360 g/mol. The van der Waals surface area contributed by atoms with E-state index in [2.05, 4.69) is 36.5 Å². The van der Waals surface area contributed by atoms with E-state index in [-0.39, 0.29) is 11.7 Å². The van der Waals surface area contributed by atoms with Gasteiger partial charge in [-0.1, -0.05) is 23.8 Å². The molecule has 0 heterocycles. The van der Waals surface area contributed by atoms with Gasteiger partial charge in [0, 0.05) is 35.7 Å². The highest BCUT2D eigenvalue weighted by Gasteiger charge is 2.07. The van der Waals surface area contributed by atoms with Crippen molar-refractivity contribution in [3.63, 3.8) is 0 Å². The number of amides is 1. The third kappa shape index (κ3) is 6.88. The van der Waals surface area contributed by atoms with Gasteiger partial charge in [-0.05, 0) is 50.8 Å². The Morgan fingerprint density at radius 1 is 1.16 bits per heavy atom. The summed E-state index contributed by atoms with van der Waals surface area (Å²) in [6, 6.07) is 13.3. The summed E-state index contributed by atoms with van der Waals surface area (Å²) < 4.78 is 13.8. The Labute approximate surface area is 153 Å². The Morgan fingerprint density at radius 2 is 1.88 bits per heavy atom. The fourth-order valence-corrected chi connectivity index (χ4v) is 3.24. The lowest BCUT2D eigenvalue weighted by Crippen LogP contribution is -2.23. The van der Waals surface area contributed by atoms with E-state index in [0.29, 0.717) is 25.1 Å². The van der Waals surface area contributed by atoms with E-state index in [1.807, 2.05) is 25.1 Å². The smallest absolute Gasteiger partial charge is 0.221 e. The highest BCUT2D eigenvalue weighted by Crippen LogP contribution is 2.19. The topological polar surface area (TPSA) is 32.3 Å². The third-order valence-corrected chi connectivity index (χ3v) is 4.72. The number of thioether (sulfide) groups is 1. The van der Waals surface area contributed by atoms with E-state index in [9.17, 15) is 9.18 Å². The second kappa shape index (κ2) is 9.59. The maximum atomic E-state index is 13.8. The van der Waals surface area contributed by atoms with Crippen LogP contribution in [0, 0.1) is 12.7 Å². The summed E-state index contributed by atoms with van der Waals surface area (Å²) in [4.78, 5) is 15.1. The molecule has 0 aromatic heterocycles. The summed E-state index contributed by atoms with van der Waals surface area (Å²) in [6.45, 7) is 3.02. The van der Waals surface area contributed by atoms with Crippen LogP contribution in [-0.2, 0) is 17.9 Å². The first-order valence-electron chi connectivity index (χ1n) is 8.32. The van der Waals surface area contributed by atoms with Crippen LogP contribution in [0.1, 0.15) is 23.1 Å². The van der Waals surface area contributed by atoms with E-state index in [0.717, 1.165) is 11.3 Å². The summed E-state index contributed by atoms with van der Waals surface area (Å²) in [5.74, 6) is 0.542. The number of rotatable bonds is 8. The van der Waals surface area contributed by atoms with Crippen molar-refractivity contribution in [2.75, 3.05) is 19.8 Å². The highest BCUT2D eigenvalue weighted by molar-refractivity contribution is 7.99. The molecule has 0 radical (unpaired) electrons. The molecule has 0 aliphatic rings. The van der Waals surface area contributed by atoms with E-state index in [1.165, 1.54) is 16.5 Å². The zero-order valence-corrected chi connectivity index (χ0v) is 15.8. The Hall–Kier alpha value is -1.85. The van der Waals surface area contributed by atoms with Gasteiger partial charge in [-0.15, -0.1) is 11.8 Å². The zero-order valence-electron chi connectivity index (χ0n) is 15.0. The molecule has 1 amide bonds. The maximum absolute atomic E-state index is 13.8. The highest BCUT2D eigenvalue weighted by atomic mass is 32.2. The van der Waals surface area contributed by atoms with Crippen molar-refractivity contribution in [1.29, 1.82) is 0 Å². The molecule has 0 bridgehead atoms. The van der Waals surface area contributed by atoms with Gasteiger partial charge in [-0.3, -0.25) is 4.79 Å². The largest absolute Gasteiger partial charge is 0.352 e. The van der Waals surface area contributed by atoms with Crippen molar-refractivity contribution >= 4 is 17.7 Å². The lowest BCUT2D eigenvalue weighted by molar-refractivity contribution is -0.120. The quantitative estimate of drug-likeness (QED) is 0.723. The van der Waals surface area contributed by atoms with Crippen LogP contribution in [0.4, 0.5) is 4.39 Å². The van der Waals surface area contributed by atoms with Crippen LogP contribution in [-0.4, -0.2) is 30.7 Å². The first-order valence-corrected chi connectivity index (χ1v) is 9.31. The molecule has 0 aliphatic heterocycles. The predicted molar refractivity (Wildman–Crippen MR) is 102 cm³/mol. The molecule has 0 saturated heterocycles. The van der Waals surface area contributed by atoms with E-state index >= 15 is 0 Å². The van der Waals surface area contributed by atoms with Crippen LogP contribution in [0.3, 0.4) is 0 Å². The number of nitrogens with one attached hydrogen (secondary N) is 1. The van der Waals surface area contributed by atoms with E-state index in [4.69, 9.17) is 0 Å². The van der Waals surface area contributed by atoms with Crippen molar-refractivity contribution in [3.8, 4) is 0 Å². The van der Waals surface area contributed by atoms with Gasteiger partial charge < -0.3 is 10.2 Å². The monoisotopic (exact) mass is 360 g/mol. The van der Waals surface area contributed by atoms with Gasteiger partial charge in [0.05, 0.1) is 0 Å². The molecular weight excluding hydrogens is 335 g/mol. The van der Waals surface area contributed by atoms with Crippen LogP contribution in [0.15, 0.2) is 47.4 Å². The Bertz CT molecular complexity index is 701. The number of halogens is 1. The summed E-state index contributed by atoms with van der Waals surface area (Å²) in [6.07, 6.45) is 0.463. The molecule has 25 heavy (non-hydrogen) atoms. The second-order valence-corrected chi connectivity index (χ2v) is 7.52. The molecule has 1 N–H and O–H groups in total. The molecule has 0 unspecified atom stereocenters. The minimum Gasteiger partial charge on any atom is -0.352 e. The molecule has 2 rings (SSSR count). The van der Waals surface area contributed by atoms with Gasteiger partial charge in [0.15, 0.2) is 0 Å². The molecule has 134 valence electrons. The van der Waals surface area contributed by atoms with Gasteiger partial charge in [-0.25, -0.2) is 4.39 Å². The Morgan fingerprint density at radius 3 is 2.56 bits per heavy atom.